The lowest BCUT2D eigenvalue weighted by atomic mass is 9.97. The van der Waals surface area contributed by atoms with E-state index in [0.717, 1.165) is 37.9 Å². The summed E-state index contributed by atoms with van der Waals surface area (Å²) in [5.74, 6) is 0.480. The smallest absolute Gasteiger partial charge is 0.253 e. The Morgan fingerprint density at radius 2 is 1.78 bits per heavy atom. The third-order valence-electron chi connectivity index (χ3n) is 5.20. The van der Waals surface area contributed by atoms with E-state index in [1.807, 2.05) is 11.0 Å². The summed E-state index contributed by atoms with van der Waals surface area (Å²) in [5, 5.41) is 9.22. The molecule has 0 aromatic heterocycles. The van der Waals surface area contributed by atoms with Crippen LogP contribution in [0.3, 0.4) is 0 Å². The molecule has 1 aliphatic heterocycles. The van der Waals surface area contributed by atoms with Gasteiger partial charge in [-0.1, -0.05) is 30.3 Å². The Balaban J connectivity index is 1.55. The van der Waals surface area contributed by atoms with Crippen molar-refractivity contribution in [2.75, 3.05) is 19.7 Å². The van der Waals surface area contributed by atoms with E-state index in [1.165, 1.54) is 22.3 Å². The minimum atomic E-state index is 0.125. The van der Waals surface area contributed by atoms with Gasteiger partial charge in [-0.2, -0.15) is 0 Å². The fourth-order valence-corrected chi connectivity index (χ4v) is 3.78. The van der Waals surface area contributed by atoms with E-state index in [2.05, 4.69) is 36.4 Å². The van der Waals surface area contributed by atoms with Crippen molar-refractivity contribution in [2.45, 2.75) is 19.3 Å². The number of amides is 1. The second-order valence-electron chi connectivity index (χ2n) is 6.62. The number of carbonyl (C=O) groups excluding carboxylic acids is 1. The molecule has 0 atom stereocenters. The Labute approximate surface area is 136 Å². The first-order valence-corrected chi connectivity index (χ1v) is 8.37. The van der Waals surface area contributed by atoms with Crippen LogP contribution in [0.5, 0.6) is 0 Å². The van der Waals surface area contributed by atoms with Gasteiger partial charge >= 0.3 is 0 Å². The Morgan fingerprint density at radius 3 is 2.57 bits per heavy atom. The number of nitrogens with zero attached hydrogens (tertiary/aromatic N) is 1. The second-order valence-corrected chi connectivity index (χ2v) is 6.62. The fourth-order valence-electron chi connectivity index (χ4n) is 3.78. The van der Waals surface area contributed by atoms with Crippen LogP contribution in [0, 0.1) is 5.92 Å². The molecule has 0 radical (unpaired) electrons. The first-order chi connectivity index (χ1) is 11.3. The highest BCUT2D eigenvalue weighted by Crippen LogP contribution is 2.36. The second kappa shape index (κ2) is 5.82. The molecule has 1 heterocycles. The van der Waals surface area contributed by atoms with E-state index in [1.54, 1.807) is 0 Å². The van der Waals surface area contributed by atoms with E-state index >= 15 is 0 Å². The summed E-state index contributed by atoms with van der Waals surface area (Å²) in [6.45, 7) is 1.74. The zero-order chi connectivity index (χ0) is 15.8. The number of rotatable bonds is 2. The molecule has 0 spiro atoms. The molecule has 1 saturated heterocycles. The molecule has 2 aromatic rings. The maximum atomic E-state index is 12.7. The summed E-state index contributed by atoms with van der Waals surface area (Å²) in [7, 11) is 0. The quantitative estimate of drug-likeness (QED) is 0.790. The molecule has 118 valence electrons. The maximum Gasteiger partial charge on any atom is 0.253 e. The summed E-state index contributed by atoms with van der Waals surface area (Å²) in [5.41, 5.74) is 5.94. The lowest BCUT2D eigenvalue weighted by Crippen LogP contribution is -2.39. The Hall–Kier alpha value is -2.13. The van der Waals surface area contributed by atoms with Gasteiger partial charge in [0.2, 0.25) is 0 Å². The molecule has 3 heteroatoms. The van der Waals surface area contributed by atoms with Crippen molar-refractivity contribution in [3.63, 3.8) is 0 Å². The average molecular weight is 307 g/mol. The van der Waals surface area contributed by atoms with Gasteiger partial charge in [-0.25, -0.2) is 0 Å². The highest BCUT2D eigenvalue weighted by Gasteiger charge is 2.25. The van der Waals surface area contributed by atoms with E-state index in [0.29, 0.717) is 5.92 Å². The topological polar surface area (TPSA) is 40.5 Å². The molecular formula is C20H21NO2. The Bertz CT molecular complexity index is 745. The predicted octanol–water partition coefficient (Wildman–Crippen LogP) is 3.10. The predicted molar refractivity (Wildman–Crippen MR) is 90.4 cm³/mol. The number of likely N-dealkylation sites (tertiary alicyclic amines) is 1. The van der Waals surface area contributed by atoms with Gasteiger partial charge < -0.3 is 10.0 Å². The van der Waals surface area contributed by atoms with Gasteiger partial charge in [-0.3, -0.25) is 4.79 Å². The van der Waals surface area contributed by atoms with E-state index in [-0.39, 0.29) is 12.5 Å². The first-order valence-electron chi connectivity index (χ1n) is 8.37. The molecule has 2 aromatic carbocycles. The molecule has 0 bridgehead atoms. The van der Waals surface area contributed by atoms with Gasteiger partial charge in [0.25, 0.3) is 5.91 Å². The van der Waals surface area contributed by atoms with Crippen molar-refractivity contribution >= 4 is 5.91 Å². The number of aliphatic hydroxyl groups is 1. The third kappa shape index (κ3) is 2.55. The number of fused-ring (bicyclic) bond motifs is 3. The average Bonchev–Trinajstić information content (AvgIpc) is 2.99. The molecule has 2 aliphatic rings. The summed E-state index contributed by atoms with van der Waals surface area (Å²) in [6.07, 6.45) is 2.72. The van der Waals surface area contributed by atoms with Gasteiger partial charge in [-0.05, 0) is 59.6 Å². The molecule has 1 N–H and O–H groups in total. The van der Waals surface area contributed by atoms with Crippen LogP contribution in [0.15, 0.2) is 42.5 Å². The summed E-state index contributed by atoms with van der Waals surface area (Å²) in [4.78, 5) is 14.7. The van der Waals surface area contributed by atoms with E-state index in [4.69, 9.17) is 0 Å². The first kappa shape index (κ1) is 14.5. The van der Waals surface area contributed by atoms with Gasteiger partial charge in [0, 0.05) is 25.3 Å². The van der Waals surface area contributed by atoms with Crippen LogP contribution >= 0.6 is 0 Å². The van der Waals surface area contributed by atoms with Crippen LogP contribution in [0.4, 0.5) is 0 Å². The zero-order valence-corrected chi connectivity index (χ0v) is 13.2. The normalized spacial score (nSPS) is 17.0. The molecular weight excluding hydrogens is 286 g/mol. The van der Waals surface area contributed by atoms with Gasteiger partial charge in [0.05, 0.1) is 0 Å². The minimum absolute atomic E-state index is 0.125. The van der Waals surface area contributed by atoms with Crippen molar-refractivity contribution in [1.29, 1.82) is 0 Å². The number of benzene rings is 2. The third-order valence-corrected chi connectivity index (χ3v) is 5.20. The zero-order valence-electron chi connectivity index (χ0n) is 13.2. The van der Waals surface area contributed by atoms with Gasteiger partial charge in [0.1, 0.15) is 0 Å². The number of hydrogen-bond acceptors (Lipinski definition) is 2. The molecule has 3 nitrogen and oxygen atoms in total. The molecule has 0 unspecified atom stereocenters. The molecule has 0 saturated carbocycles. The number of aliphatic hydroxyl groups excluding tert-OH is 1. The Morgan fingerprint density at radius 1 is 1.04 bits per heavy atom. The van der Waals surface area contributed by atoms with Crippen LogP contribution in [0.25, 0.3) is 11.1 Å². The summed E-state index contributed by atoms with van der Waals surface area (Å²) in [6, 6.07) is 14.6. The van der Waals surface area contributed by atoms with E-state index in [9.17, 15) is 9.90 Å². The fraction of sp³-hybridized carbons (Fsp3) is 0.350. The summed E-state index contributed by atoms with van der Waals surface area (Å²) < 4.78 is 0. The number of piperidine rings is 1. The lowest BCUT2D eigenvalue weighted by Gasteiger charge is -2.31. The molecule has 1 aliphatic carbocycles. The summed E-state index contributed by atoms with van der Waals surface area (Å²) >= 11 is 0. The van der Waals surface area contributed by atoms with Gasteiger partial charge in [-0.15, -0.1) is 0 Å². The van der Waals surface area contributed by atoms with Crippen molar-refractivity contribution in [3.8, 4) is 11.1 Å². The Kier molecular flexibility index (Phi) is 3.66. The molecule has 4 rings (SSSR count). The molecule has 23 heavy (non-hydrogen) atoms. The standard InChI is InChI=1S/C20H21NO2/c22-13-14-7-9-21(10-8-14)20(23)16-5-6-19-17(12-16)11-15-3-1-2-4-18(15)19/h1-6,12,14,22H,7-11,13H2. The van der Waals surface area contributed by atoms with Crippen LogP contribution in [-0.2, 0) is 6.42 Å². The van der Waals surface area contributed by atoms with Crippen molar-refractivity contribution < 1.29 is 9.90 Å². The van der Waals surface area contributed by atoms with Crippen LogP contribution in [0.1, 0.15) is 34.3 Å². The highest BCUT2D eigenvalue weighted by molar-refractivity contribution is 5.95. The SMILES string of the molecule is O=C(c1ccc2c(c1)Cc1ccccc1-2)N1CCC(CO)CC1. The maximum absolute atomic E-state index is 12.7. The van der Waals surface area contributed by atoms with Crippen LogP contribution in [-0.4, -0.2) is 35.6 Å². The van der Waals surface area contributed by atoms with Crippen LogP contribution in [0.2, 0.25) is 0 Å². The van der Waals surface area contributed by atoms with Crippen molar-refractivity contribution in [3.05, 3.63) is 59.2 Å². The molecule has 1 fully saturated rings. The lowest BCUT2D eigenvalue weighted by molar-refractivity contribution is 0.0651. The van der Waals surface area contributed by atoms with Crippen LogP contribution < -0.4 is 0 Å². The number of hydrogen-bond donors (Lipinski definition) is 1. The van der Waals surface area contributed by atoms with Gasteiger partial charge in [0.15, 0.2) is 0 Å². The van der Waals surface area contributed by atoms with Crippen molar-refractivity contribution in [2.24, 2.45) is 5.92 Å². The van der Waals surface area contributed by atoms with E-state index < -0.39 is 0 Å². The highest BCUT2D eigenvalue weighted by atomic mass is 16.3. The van der Waals surface area contributed by atoms with Crippen molar-refractivity contribution in [1.82, 2.24) is 4.90 Å². The largest absolute Gasteiger partial charge is 0.396 e. The molecule has 1 amide bonds. The monoisotopic (exact) mass is 307 g/mol. The number of carbonyl (C=O) groups is 1. The minimum Gasteiger partial charge on any atom is -0.396 e.